The Morgan fingerprint density at radius 1 is 1.36 bits per heavy atom. The summed E-state index contributed by atoms with van der Waals surface area (Å²) in [5.41, 5.74) is 3.24. The smallest absolute Gasteiger partial charge is 0.256 e. The molecular formula is C18H19N5O2. The maximum absolute atomic E-state index is 12.5. The minimum Gasteiger partial charge on any atom is -0.487 e. The molecule has 0 bridgehead atoms. The molecule has 0 fully saturated rings. The van der Waals surface area contributed by atoms with E-state index >= 15 is 0 Å². The molecule has 25 heavy (non-hydrogen) atoms. The fourth-order valence-corrected chi connectivity index (χ4v) is 3.01. The molecular weight excluding hydrogens is 318 g/mol. The summed E-state index contributed by atoms with van der Waals surface area (Å²) in [6.07, 6.45) is 4.11. The summed E-state index contributed by atoms with van der Waals surface area (Å²) in [6, 6.07) is 7.76. The highest BCUT2D eigenvalue weighted by atomic mass is 16.5. The van der Waals surface area contributed by atoms with Crippen LogP contribution in [0.4, 0.5) is 5.95 Å². The topological polar surface area (TPSA) is 84.8 Å². The average molecular weight is 337 g/mol. The van der Waals surface area contributed by atoms with Crippen LogP contribution in [0.15, 0.2) is 41.6 Å². The number of aryl methyl sites for hydroxylation is 1. The van der Waals surface area contributed by atoms with Gasteiger partial charge in [-0.25, -0.2) is 9.97 Å². The van der Waals surface area contributed by atoms with E-state index in [1.54, 1.807) is 12.5 Å². The number of hydrogen-bond donors (Lipinski definition) is 2. The second-order valence-corrected chi connectivity index (χ2v) is 5.94. The van der Waals surface area contributed by atoms with Gasteiger partial charge in [0, 0.05) is 24.7 Å². The SMILES string of the molecule is CCn1cncc1CNc1nc2c(c(=O)[nH]1)Cc1ccccc1OC2. The van der Waals surface area contributed by atoms with Crippen LogP contribution in [0.1, 0.15) is 29.4 Å². The van der Waals surface area contributed by atoms with Crippen molar-refractivity contribution in [3.63, 3.8) is 0 Å². The fourth-order valence-electron chi connectivity index (χ4n) is 3.01. The van der Waals surface area contributed by atoms with E-state index in [0.717, 1.165) is 23.6 Å². The van der Waals surface area contributed by atoms with E-state index in [1.807, 2.05) is 28.8 Å². The van der Waals surface area contributed by atoms with E-state index in [2.05, 4.69) is 27.2 Å². The molecule has 1 aromatic carbocycles. The Bertz CT molecular complexity index is 960. The van der Waals surface area contributed by atoms with Crippen molar-refractivity contribution in [3.05, 3.63) is 69.7 Å². The Labute approximate surface area is 144 Å². The monoisotopic (exact) mass is 337 g/mol. The Morgan fingerprint density at radius 2 is 2.24 bits per heavy atom. The lowest BCUT2D eigenvalue weighted by molar-refractivity contribution is 0.302. The van der Waals surface area contributed by atoms with Gasteiger partial charge in [-0.3, -0.25) is 9.78 Å². The summed E-state index contributed by atoms with van der Waals surface area (Å²) in [5, 5.41) is 3.17. The summed E-state index contributed by atoms with van der Waals surface area (Å²) < 4.78 is 7.85. The summed E-state index contributed by atoms with van der Waals surface area (Å²) in [6.45, 7) is 3.73. The van der Waals surface area contributed by atoms with Crippen molar-refractivity contribution < 1.29 is 4.74 Å². The number of fused-ring (bicyclic) bond motifs is 2. The number of anilines is 1. The molecule has 7 heteroatoms. The third-order valence-electron chi connectivity index (χ3n) is 4.38. The van der Waals surface area contributed by atoms with Crippen molar-refractivity contribution in [1.29, 1.82) is 0 Å². The zero-order valence-electron chi connectivity index (χ0n) is 14.0. The van der Waals surface area contributed by atoms with Crippen LogP contribution in [0.5, 0.6) is 5.75 Å². The van der Waals surface area contributed by atoms with Gasteiger partial charge < -0.3 is 14.6 Å². The number of aromatic amines is 1. The van der Waals surface area contributed by atoms with Crippen LogP contribution in [0, 0.1) is 0 Å². The van der Waals surface area contributed by atoms with E-state index in [4.69, 9.17) is 4.74 Å². The van der Waals surface area contributed by atoms with E-state index < -0.39 is 0 Å². The molecule has 2 aromatic heterocycles. The van der Waals surface area contributed by atoms with Gasteiger partial charge in [0.25, 0.3) is 5.56 Å². The summed E-state index contributed by atoms with van der Waals surface area (Å²) >= 11 is 0. The zero-order chi connectivity index (χ0) is 17.2. The van der Waals surface area contributed by atoms with Gasteiger partial charge in [0.05, 0.1) is 24.3 Å². The molecule has 0 radical (unpaired) electrons. The summed E-state index contributed by atoms with van der Waals surface area (Å²) in [7, 11) is 0. The Balaban J connectivity index is 1.59. The second kappa shape index (κ2) is 6.43. The van der Waals surface area contributed by atoms with Crippen LogP contribution in [0.2, 0.25) is 0 Å². The normalized spacial score (nSPS) is 12.7. The lowest BCUT2D eigenvalue weighted by Crippen LogP contribution is -2.21. The van der Waals surface area contributed by atoms with Gasteiger partial charge in [0.1, 0.15) is 12.4 Å². The molecule has 2 N–H and O–H groups in total. The number of hydrogen-bond acceptors (Lipinski definition) is 5. The van der Waals surface area contributed by atoms with Crippen molar-refractivity contribution in [3.8, 4) is 5.75 Å². The number of ether oxygens (including phenoxy) is 1. The van der Waals surface area contributed by atoms with Crippen molar-refractivity contribution in [1.82, 2.24) is 19.5 Å². The van der Waals surface area contributed by atoms with E-state index in [1.165, 1.54) is 0 Å². The first-order valence-corrected chi connectivity index (χ1v) is 8.30. The maximum Gasteiger partial charge on any atom is 0.256 e. The predicted molar refractivity (Wildman–Crippen MR) is 93.7 cm³/mol. The molecule has 0 unspecified atom stereocenters. The molecule has 0 saturated heterocycles. The Morgan fingerprint density at radius 3 is 3.12 bits per heavy atom. The number of benzene rings is 1. The average Bonchev–Trinajstić information content (AvgIpc) is 3.00. The number of aromatic nitrogens is 4. The third-order valence-corrected chi connectivity index (χ3v) is 4.38. The Hall–Kier alpha value is -3.09. The molecule has 4 rings (SSSR count). The molecule has 1 aliphatic heterocycles. The molecule has 3 aromatic rings. The molecule has 0 saturated carbocycles. The van der Waals surface area contributed by atoms with Gasteiger partial charge in [-0.2, -0.15) is 0 Å². The van der Waals surface area contributed by atoms with Gasteiger partial charge in [0.2, 0.25) is 5.95 Å². The van der Waals surface area contributed by atoms with E-state index in [0.29, 0.717) is 30.2 Å². The second-order valence-electron chi connectivity index (χ2n) is 5.94. The van der Waals surface area contributed by atoms with Crippen molar-refractivity contribution in [2.75, 3.05) is 5.32 Å². The van der Waals surface area contributed by atoms with Gasteiger partial charge in [0.15, 0.2) is 0 Å². The van der Waals surface area contributed by atoms with E-state index in [9.17, 15) is 4.79 Å². The number of para-hydroxylation sites is 1. The largest absolute Gasteiger partial charge is 0.487 e. The minimum absolute atomic E-state index is 0.128. The van der Waals surface area contributed by atoms with Crippen LogP contribution < -0.4 is 15.6 Å². The lowest BCUT2D eigenvalue weighted by Gasteiger charge is -2.10. The van der Waals surface area contributed by atoms with Crippen LogP contribution in [-0.2, 0) is 26.1 Å². The third kappa shape index (κ3) is 3.00. The van der Waals surface area contributed by atoms with Gasteiger partial charge in [-0.15, -0.1) is 0 Å². The predicted octanol–water partition coefficient (Wildman–Crippen LogP) is 2.08. The molecule has 0 spiro atoms. The van der Waals surface area contributed by atoms with E-state index in [-0.39, 0.29) is 12.2 Å². The molecule has 128 valence electrons. The number of nitrogens with one attached hydrogen (secondary N) is 2. The molecule has 3 heterocycles. The lowest BCUT2D eigenvalue weighted by atomic mass is 10.1. The van der Waals surface area contributed by atoms with Crippen molar-refractivity contribution >= 4 is 5.95 Å². The first-order valence-electron chi connectivity index (χ1n) is 8.30. The van der Waals surface area contributed by atoms with Gasteiger partial charge >= 0.3 is 0 Å². The van der Waals surface area contributed by atoms with Gasteiger partial charge in [-0.1, -0.05) is 18.2 Å². The maximum atomic E-state index is 12.5. The summed E-state index contributed by atoms with van der Waals surface area (Å²) in [5.74, 6) is 1.25. The molecule has 0 amide bonds. The number of H-pyrrole nitrogens is 1. The van der Waals surface area contributed by atoms with Crippen LogP contribution in [-0.4, -0.2) is 19.5 Å². The molecule has 7 nitrogen and oxygen atoms in total. The standard InChI is InChI=1S/C18H19N5O2/c1-2-23-11-19-8-13(23)9-20-18-21-15-10-25-16-6-4-3-5-12(16)7-14(15)17(24)22-18/h3-6,8,11H,2,7,9-10H2,1H3,(H2,20,21,22,24). The highest BCUT2D eigenvalue weighted by Crippen LogP contribution is 2.26. The highest BCUT2D eigenvalue weighted by Gasteiger charge is 2.19. The van der Waals surface area contributed by atoms with Crippen LogP contribution in [0.3, 0.4) is 0 Å². The number of rotatable bonds is 4. The number of imidazole rings is 1. The summed E-state index contributed by atoms with van der Waals surface area (Å²) in [4.78, 5) is 24.0. The van der Waals surface area contributed by atoms with Crippen molar-refractivity contribution in [2.45, 2.75) is 33.0 Å². The first kappa shape index (κ1) is 15.4. The zero-order valence-corrected chi connectivity index (χ0v) is 14.0. The molecule has 0 atom stereocenters. The molecule has 1 aliphatic rings. The minimum atomic E-state index is -0.128. The van der Waals surface area contributed by atoms with Crippen LogP contribution in [0.25, 0.3) is 0 Å². The Kier molecular flexibility index (Phi) is 3.97. The van der Waals surface area contributed by atoms with Gasteiger partial charge in [-0.05, 0) is 18.6 Å². The number of nitrogens with zero attached hydrogens (tertiary/aromatic N) is 3. The first-order chi connectivity index (χ1) is 12.2. The van der Waals surface area contributed by atoms with Crippen LogP contribution >= 0.6 is 0 Å². The van der Waals surface area contributed by atoms with Crippen molar-refractivity contribution in [2.24, 2.45) is 0 Å². The highest BCUT2D eigenvalue weighted by molar-refractivity contribution is 5.41. The quantitative estimate of drug-likeness (QED) is 0.761. The molecule has 0 aliphatic carbocycles. The fraction of sp³-hybridized carbons (Fsp3) is 0.278.